The summed E-state index contributed by atoms with van der Waals surface area (Å²) < 4.78 is 0. The molecule has 3 aromatic carbocycles. The molecule has 31 heteroatoms. The van der Waals surface area contributed by atoms with E-state index in [4.69, 9.17) is 11.5 Å². The van der Waals surface area contributed by atoms with Gasteiger partial charge >= 0.3 is 0 Å². The Morgan fingerprint density at radius 3 is 1.39 bits per heavy atom. The fourth-order valence-electron chi connectivity index (χ4n) is 12.3. The number of para-hydroxylation sites is 3. The maximum absolute atomic E-state index is 15.4. The number of amides is 11. The Morgan fingerprint density at radius 1 is 0.536 bits per heavy atom. The number of likely N-dealkylation sites (tertiary alicyclic amines) is 1. The number of carbonyl (C=O) groups is 11. The first-order valence-electron chi connectivity index (χ1n) is 32.1. The van der Waals surface area contributed by atoms with Crippen LogP contribution in [0.25, 0.3) is 32.7 Å². The van der Waals surface area contributed by atoms with Crippen LogP contribution in [0.15, 0.2) is 116 Å². The molecule has 8 aromatic rings. The van der Waals surface area contributed by atoms with Crippen molar-refractivity contribution in [2.45, 2.75) is 131 Å². The van der Waals surface area contributed by atoms with Crippen molar-refractivity contribution in [2.24, 2.45) is 11.5 Å². The van der Waals surface area contributed by atoms with E-state index in [0.29, 0.717) is 69.1 Å². The molecule has 97 heavy (non-hydrogen) atoms. The number of hydrogen-bond acceptors (Lipinski definition) is 15. The van der Waals surface area contributed by atoms with Gasteiger partial charge in [0.1, 0.15) is 54.4 Å². The van der Waals surface area contributed by atoms with E-state index in [9.17, 15) is 43.5 Å². The molecule has 0 spiro atoms. The Bertz CT molecular complexity index is 4130. The lowest BCUT2D eigenvalue weighted by Gasteiger charge is -2.30. The van der Waals surface area contributed by atoms with Gasteiger partial charge in [-0.1, -0.05) is 54.6 Å². The van der Waals surface area contributed by atoms with Crippen LogP contribution in [-0.2, 0) is 84.8 Å². The molecule has 0 unspecified atom stereocenters. The summed E-state index contributed by atoms with van der Waals surface area (Å²) in [6, 6.07) is 9.55. The molecule has 0 radical (unpaired) electrons. The highest BCUT2D eigenvalue weighted by atomic mass is 16.3. The Kier molecular flexibility index (Phi) is 22.8. The number of aromatic amines is 5. The minimum Gasteiger partial charge on any atom is -0.394 e. The lowest BCUT2D eigenvalue weighted by atomic mass is 10.00. The SMILES string of the molecule is NCCCC[C@H](NC(=O)[C@H](Cc1c[nH]c2ccccc12)NC(=O)[C@@H](Cc1c[nH]c2ccccc12)NC(=O)[C@H](Cc1cnc[nH]1)NC(=O)[C@H](CO)NC(=O)[C@H](Cc1c[nH]c2ccccc12)NC(=O)[C@H](Cc1cnc[nH]1)NC(=O)[C@@H]1CCC(=O)N1)C(=O)N1CCC[C@H]1C(=O)NCC(N)=O. The molecule has 19 N–H and O–H groups in total. The maximum Gasteiger partial charge on any atom is 0.245 e. The molecule has 9 atom stereocenters. The second-order valence-corrected chi connectivity index (χ2v) is 24.2. The minimum atomic E-state index is -1.78. The lowest BCUT2D eigenvalue weighted by Crippen LogP contribution is -2.62. The van der Waals surface area contributed by atoms with Gasteiger partial charge in [-0.3, -0.25) is 52.7 Å². The van der Waals surface area contributed by atoms with Gasteiger partial charge in [0.2, 0.25) is 65.0 Å². The molecule has 0 aliphatic carbocycles. The van der Waals surface area contributed by atoms with Gasteiger partial charge in [-0.2, -0.15) is 0 Å². The van der Waals surface area contributed by atoms with E-state index in [1.54, 1.807) is 42.9 Å². The Balaban J connectivity index is 0.915. The van der Waals surface area contributed by atoms with Crippen LogP contribution in [0.1, 0.15) is 73.0 Å². The molecule has 2 aliphatic rings. The molecule has 2 aliphatic heterocycles. The van der Waals surface area contributed by atoms with Gasteiger partial charge < -0.3 is 94.2 Å². The number of unbranched alkanes of at least 4 members (excludes halogenated alkanes) is 1. The van der Waals surface area contributed by atoms with Crippen molar-refractivity contribution in [3.8, 4) is 0 Å². The van der Waals surface area contributed by atoms with Crippen LogP contribution in [0.2, 0.25) is 0 Å². The average molecular weight is 1330 g/mol. The number of fused-ring (bicyclic) bond motifs is 3. The molecule has 0 saturated carbocycles. The average Bonchev–Trinajstić information content (AvgIpc) is 1.76. The number of imidazole rings is 2. The number of hydrogen-bond donors (Lipinski definition) is 17. The summed E-state index contributed by atoms with van der Waals surface area (Å²) >= 11 is 0. The number of nitrogens with zero attached hydrogens (tertiary/aromatic N) is 3. The predicted molar refractivity (Wildman–Crippen MR) is 352 cm³/mol. The van der Waals surface area contributed by atoms with Crippen LogP contribution in [0.5, 0.6) is 0 Å². The highest BCUT2D eigenvalue weighted by Crippen LogP contribution is 2.25. The van der Waals surface area contributed by atoms with Gasteiger partial charge in [-0.05, 0) is 80.0 Å². The third-order valence-corrected chi connectivity index (χ3v) is 17.4. The van der Waals surface area contributed by atoms with Crippen LogP contribution in [-0.4, -0.2) is 190 Å². The van der Waals surface area contributed by atoms with Crippen molar-refractivity contribution in [1.29, 1.82) is 0 Å². The number of primary amides is 1. The summed E-state index contributed by atoms with van der Waals surface area (Å²) in [6.45, 7) is -1.01. The van der Waals surface area contributed by atoms with Crippen LogP contribution >= 0.6 is 0 Å². The van der Waals surface area contributed by atoms with E-state index >= 15 is 14.4 Å². The van der Waals surface area contributed by atoms with Crippen molar-refractivity contribution in [2.75, 3.05) is 26.2 Å². The van der Waals surface area contributed by atoms with Crippen molar-refractivity contribution in [3.63, 3.8) is 0 Å². The van der Waals surface area contributed by atoms with E-state index in [0.717, 1.165) is 10.9 Å². The molecule has 0 bridgehead atoms. The third-order valence-electron chi connectivity index (χ3n) is 17.4. The molecular formula is C66H79N19O12. The zero-order chi connectivity index (χ0) is 68.5. The smallest absolute Gasteiger partial charge is 0.245 e. The number of carbonyl (C=O) groups excluding carboxylic acids is 11. The van der Waals surface area contributed by atoms with Crippen LogP contribution in [0, 0.1) is 0 Å². The molecule has 11 amide bonds. The van der Waals surface area contributed by atoms with Gasteiger partial charge in [-0.25, -0.2) is 9.97 Å². The highest BCUT2D eigenvalue weighted by Gasteiger charge is 2.40. The number of nitrogens with two attached hydrogens (primary N) is 2. The topological polar surface area (TPSA) is 476 Å². The highest BCUT2D eigenvalue weighted by molar-refractivity contribution is 6.00. The van der Waals surface area contributed by atoms with E-state index in [2.05, 4.69) is 82.7 Å². The minimum absolute atomic E-state index is 0.103. The summed E-state index contributed by atoms with van der Waals surface area (Å²) in [4.78, 5) is 179. The molecule has 2 fully saturated rings. The number of rotatable bonds is 33. The normalized spacial score (nSPS) is 16.6. The van der Waals surface area contributed by atoms with Crippen LogP contribution in [0.3, 0.4) is 0 Å². The van der Waals surface area contributed by atoms with E-state index in [1.807, 2.05) is 48.5 Å². The predicted octanol–water partition coefficient (Wildman–Crippen LogP) is -1.52. The Hall–Kier alpha value is -11.2. The zero-order valence-corrected chi connectivity index (χ0v) is 52.9. The van der Waals surface area contributed by atoms with Gasteiger partial charge in [0, 0.05) is 120 Å². The summed E-state index contributed by atoms with van der Waals surface area (Å²) in [5.74, 6) is -8.30. The second kappa shape index (κ2) is 32.3. The maximum atomic E-state index is 15.4. The largest absolute Gasteiger partial charge is 0.394 e. The fourth-order valence-corrected chi connectivity index (χ4v) is 12.3. The van der Waals surface area contributed by atoms with Gasteiger partial charge in [0.15, 0.2) is 0 Å². The zero-order valence-electron chi connectivity index (χ0n) is 52.9. The summed E-state index contributed by atoms with van der Waals surface area (Å²) in [7, 11) is 0. The number of aliphatic hydroxyl groups excluding tert-OH is 1. The van der Waals surface area contributed by atoms with E-state index < -0.39 is 127 Å². The van der Waals surface area contributed by atoms with E-state index in [1.165, 1.54) is 29.9 Å². The molecular weight excluding hydrogens is 1250 g/mol. The molecule has 31 nitrogen and oxygen atoms in total. The standard InChI is InChI=1S/C66H79N19O12/c67-20-8-7-16-48(66(97)85-21-9-17-55(85)65(96)74-32-56(68)87)78-59(90)49(22-36-27-71-44-13-4-1-10-41(36)44)79-60(91)50(23-37-28-72-45-14-5-2-11-42(37)45)80-63(94)53(26-40-31-70-35-76-40)83-64(95)54(33-86)84-61(92)51(24-38-29-73-46-15-6-3-12-43(38)46)81-62(93)52(25-39-30-69-34-75-39)82-58(89)47-18-19-57(88)77-47/h1-6,10-15,27-31,34-35,47-55,71-73,86H,7-9,16-26,32-33,67H2,(H2,68,87)(H,69,75)(H,70,76)(H,74,96)(H,77,88)(H,78,90)(H,79,91)(H,80,94)(H,81,93)(H,82,89)(H,83,95)(H,84,92)/t47-,48-,49-,50+,51-,52-,53-,54-,55-/m0/s1. The van der Waals surface area contributed by atoms with Crippen molar-refractivity contribution in [3.05, 3.63) is 145 Å². The summed E-state index contributed by atoms with van der Waals surface area (Å²) in [5.41, 5.74) is 15.9. The molecule has 10 rings (SSSR count). The van der Waals surface area contributed by atoms with Crippen molar-refractivity contribution < 1.29 is 57.8 Å². The van der Waals surface area contributed by atoms with Gasteiger partial charge in [0.05, 0.1) is 25.8 Å². The van der Waals surface area contributed by atoms with Gasteiger partial charge in [0.25, 0.3) is 0 Å². The Morgan fingerprint density at radius 2 is 0.969 bits per heavy atom. The van der Waals surface area contributed by atoms with E-state index in [-0.39, 0.29) is 76.8 Å². The molecule has 510 valence electrons. The first kappa shape index (κ1) is 68.6. The first-order chi connectivity index (χ1) is 46.9. The number of aliphatic hydroxyl groups is 1. The number of aromatic nitrogens is 7. The monoisotopic (exact) mass is 1330 g/mol. The quantitative estimate of drug-likeness (QED) is 0.0208. The molecule has 7 heterocycles. The lowest BCUT2D eigenvalue weighted by molar-refractivity contribution is -0.142. The van der Waals surface area contributed by atoms with Crippen LogP contribution in [0.4, 0.5) is 0 Å². The third kappa shape index (κ3) is 17.6. The fraction of sp³-hybridized carbons (Fsp3) is 0.379. The Labute approximate surface area is 554 Å². The van der Waals surface area contributed by atoms with Crippen molar-refractivity contribution >= 4 is 97.7 Å². The molecule has 2 saturated heterocycles. The number of nitrogens with one attached hydrogen (secondary N) is 14. The van der Waals surface area contributed by atoms with Gasteiger partial charge in [-0.15, -0.1) is 0 Å². The number of H-pyrrole nitrogens is 5. The van der Waals surface area contributed by atoms with Crippen molar-refractivity contribution in [1.82, 2.24) is 87.6 Å². The second-order valence-electron chi connectivity index (χ2n) is 24.2. The summed E-state index contributed by atoms with van der Waals surface area (Å²) in [5, 5.41) is 37.4. The molecule has 5 aromatic heterocycles. The first-order valence-corrected chi connectivity index (χ1v) is 32.1. The summed E-state index contributed by atoms with van der Waals surface area (Å²) in [6.07, 6.45) is 11.7. The number of benzene rings is 3. The van der Waals surface area contributed by atoms with Crippen LogP contribution < -0.4 is 59.3 Å².